The van der Waals surface area contributed by atoms with Crippen molar-refractivity contribution in [2.75, 3.05) is 46.5 Å². The number of esters is 1. The summed E-state index contributed by atoms with van der Waals surface area (Å²) in [5.41, 5.74) is 0.376. The zero-order chi connectivity index (χ0) is 28.5. The first-order valence-corrected chi connectivity index (χ1v) is 12.7. The van der Waals surface area contributed by atoms with Crippen molar-refractivity contribution in [2.45, 2.75) is 6.04 Å². The molecule has 1 atom stereocenters. The van der Waals surface area contributed by atoms with Gasteiger partial charge in [0.15, 0.2) is 6.11 Å². The summed E-state index contributed by atoms with van der Waals surface area (Å²) < 4.78 is 15.3. The number of amides is 2. The van der Waals surface area contributed by atoms with Gasteiger partial charge in [0.05, 0.1) is 44.0 Å². The van der Waals surface area contributed by atoms with Crippen molar-refractivity contribution in [1.82, 2.24) is 10.6 Å². The smallest absolute Gasteiger partial charge is 0.329 e. The Morgan fingerprint density at radius 3 is 2.00 bits per heavy atom. The fourth-order valence-corrected chi connectivity index (χ4v) is 4.34. The van der Waals surface area contributed by atoms with E-state index in [2.05, 4.69) is 26.8 Å². The minimum absolute atomic E-state index is 0.0813. The summed E-state index contributed by atoms with van der Waals surface area (Å²) in [7, 11) is 5.52. The maximum absolute atomic E-state index is 12.6. The molecule has 0 aliphatic carbocycles. The molecule has 0 radical (unpaired) electrons. The highest BCUT2D eigenvalue weighted by atomic mass is 35.5. The number of benzene rings is 2. The van der Waals surface area contributed by atoms with Crippen molar-refractivity contribution in [3.8, 4) is 24.0 Å². The van der Waals surface area contributed by atoms with E-state index in [1.165, 1.54) is 52.3 Å². The second-order valence-corrected chi connectivity index (χ2v) is 8.85. The minimum atomic E-state index is -0.926. The monoisotopic (exact) mass is 586 g/mol. The Kier molecular flexibility index (Phi) is 15.5. The fraction of sp³-hybridized carbons (Fsp3) is 0.320. The number of ether oxygens (including phenoxy) is 3. The summed E-state index contributed by atoms with van der Waals surface area (Å²) in [6.07, 6.45) is 6.34. The van der Waals surface area contributed by atoms with Crippen molar-refractivity contribution in [3.63, 3.8) is 0 Å². The summed E-state index contributed by atoms with van der Waals surface area (Å²) in [5.74, 6) is -0.0678. The molecule has 0 aliphatic rings. The number of hydrogen-bond acceptors (Lipinski definition) is 9. The van der Waals surface area contributed by atoms with Crippen molar-refractivity contribution >= 4 is 52.7 Å². The van der Waals surface area contributed by atoms with E-state index in [1.54, 1.807) is 30.4 Å². The predicted molar refractivity (Wildman–Crippen MR) is 146 cm³/mol. The summed E-state index contributed by atoms with van der Waals surface area (Å²) in [6.45, 7) is 0.308. The maximum atomic E-state index is 12.6. The Bertz CT molecular complexity index is 1080. The van der Waals surface area contributed by atoms with Gasteiger partial charge in [0.2, 0.25) is 0 Å². The van der Waals surface area contributed by atoms with E-state index in [-0.39, 0.29) is 27.3 Å². The highest BCUT2D eigenvalue weighted by Crippen LogP contribution is 2.28. The number of carbonyl (C=O) groups is 3. The van der Waals surface area contributed by atoms with Gasteiger partial charge in [0.1, 0.15) is 23.1 Å². The third-order valence-corrected chi connectivity index (χ3v) is 6.28. The first-order valence-electron chi connectivity index (χ1n) is 10.8. The molecule has 0 bridgehead atoms. The largest absolute Gasteiger partial charge is 0.496 e. The zero-order valence-corrected chi connectivity index (χ0v) is 23.5. The van der Waals surface area contributed by atoms with E-state index < -0.39 is 17.9 Å². The van der Waals surface area contributed by atoms with Gasteiger partial charge in [0.25, 0.3) is 11.8 Å². The summed E-state index contributed by atoms with van der Waals surface area (Å²) in [5, 5.41) is 5.73. The van der Waals surface area contributed by atoms with E-state index in [9.17, 15) is 14.4 Å². The van der Waals surface area contributed by atoms with Gasteiger partial charge in [-0.05, 0) is 24.3 Å². The first kappa shape index (κ1) is 32.7. The van der Waals surface area contributed by atoms with Gasteiger partial charge in [-0.1, -0.05) is 41.8 Å². The van der Waals surface area contributed by atoms with Crippen LogP contribution in [0.4, 0.5) is 0 Å². The zero-order valence-electron chi connectivity index (χ0n) is 21.2. The molecule has 13 heteroatoms. The van der Waals surface area contributed by atoms with Crippen LogP contribution in [0, 0.1) is 12.5 Å². The topological polar surface area (TPSA) is 121 Å². The van der Waals surface area contributed by atoms with Crippen LogP contribution in [0.5, 0.6) is 11.5 Å². The van der Waals surface area contributed by atoms with Crippen LogP contribution >= 0.6 is 35.0 Å². The number of carbonyl (C=O) groups excluding carboxylic acids is 3. The van der Waals surface area contributed by atoms with Crippen LogP contribution in [-0.4, -0.2) is 70.3 Å². The standard InChI is InChI=1S/C22H24Cl2N2O6S.C3H4O2/c1-30-16-8-5-9-17(31-2)19(16)20(27)25-10-11-33-12-15(22(29)32-3)26-21(28)18-13(23)6-4-7-14(18)24;1-3-5-4-2/h4-9,15H,10-12H2,1-3H3,(H,25,27)(H,26,28);1H,2H3/t15-;/m0./s1. The van der Waals surface area contributed by atoms with Crippen LogP contribution in [0.1, 0.15) is 20.7 Å². The molecule has 38 heavy (non-hydrogen) atoms. The van der Waals surface area contributed by atoms with Gasteiger partial charge in [0, 0.05) is 18.1 Å². The maximum Gasteiger partial charge on any atom is 0.329 e. The second-order valence-electron chi connectivity index (χ2n) is 6.88. The lowest BCUT2D eigenvalue weighted by Gasteiger charge is -2.17. The Morgan fingerprint density at radius 1 is 0.947 bits per heavy atom. The van der Waals surface area contributed by atoms with Crippen LogP contribution in [0.25, 0.3) is 0 Å². The second kappa shape index (κ2) is 18.0. The van der Waals surface area contributed by atoms with Crippen LogP contribution in [0.2, 0.25) is 10.0 Å². The Labute approximate surface area is 235 Å². The number of rotatable bonds is 12. The SMILES string of the molecule is C#COOC.COC(=O)[C@H](CSCCNC(=O)c1c(OC)cccc1OC)NC(=O)c1c(Cl)cccc1Cl. The lowest BCUT2D eigenvalue weighted by atomic mass is 10.1. The van der Waals surface area contributed by atoms with E-state index in [1.807, 2.05) is 0 Å². The number of nitrogens with one attached hydrogen (secondary N) is 2. The molecule has 0 aromatic heterocycles. The number of thioether (sulfide) groups is 1. The number of terminal acetylenes is 1. The Balaban J connectivity index is 0.00000132. The molecule has 2 rings (SSSR count). The van der Waals surface area contributed by atoms with Crippen LogP contribution in [0.15, 0.2) is 36.4 Å². The third kappa shape index (κ3) is 10.2. The fourth-order valence-electron chi connectivity index (χ4n) is 2.91. The average molecular weight is 587 g/mol. The highest BCUT2D eigenvalue weighted by Gasteiger charge is 2.24. The van der Waals surface area contributed by atoms with Gasteiger partial charge in [-0.3, -0.25) is 14.5 Å². The third-order valence-electron chi connectivity index (χ3n) is 4.58. The molecule has 0 heterocycles. The molecule has 2 aromatic rings. The van der Waals surface area contributed by atoms with Gasteiger partial charge in [-0.2, -0.15) is 16.6 Å². The number of methoxy groups -OCH3 is 3. The highest BCUT2D eigenvalue weighted by molar-refractivity contribution is 7.99. The van der Waals surface area contributed by atoms with Crippen molar-refractivity contribution in [2.24, 2.45) is 0 Å². The van der Waals surface area contributed by atoms with Crippen molar-refractivity contribution in [3.05, 3.63) is 57.6 Å². The van der Waals surface area contributed by atoms with E-state index in [0.29, 0.717) is 29.4 Å². The van der Waals surface area contributed by atoms with Crippen molar-refractivity contribution in [1.29, 1.82) is 0 Å². The van der Waals surface area contributed by atoms with Gasteiger partial charge in [-0.25, -0.2) is 4.79 Å². The summed E-state index contributed by atoms with van der Waals surface area (Å²) in [4.78, 5) is 45.1. The predicted octanol–water partition coefficient (Wildman–Crippen LogP) is 3.60. The summed E-state index contributed by atoms with van der Waals surface area (Å²) >= 11 is 13.5. The quantitative estimate of drug-likeness (QED) is 0.126. The molecule has 0 unspecified atom stereocenters. The van der Waals surface area contributed by atoms with Crippen LogP contribution in [-0.2, 0) is 19.3 Å². The molecule has 0 saturated carbocycles. The van der Waals surface area contributed by atoms with E-state index in [0.717, 1.165) is 0 Å². The Morgan fingerprint density at radius 2 is 1.53 bits per heavy atom. The number of hydrogen-bond donors (Lipinski definition) is 2. The lowest BCUT2D eigenvalue weighted by molar-refractivity contribution is -0.209. The molecule has 0 spiro atoms. The molecule has 0 aliphatic heterocycles. The Hall–Kier alpha value is -3.30. The lowest BCUT2D eigenvalue weighted by Crippen LogP contribution is -2.43. The van der Waals surface area contributed by atoms with E-state index >= 15 is 0 Å². The van der Waals surface area contributed by atoms with Gasteiger partial charge < -0.3 is 24.8 Å². The van der Waals surface area contributed by atoms with Gasteiger partial charge >= 0.3 is 5.97 Å². The molecule has 2 aromatic carbocycles. The van der Waals surface area contributed by atoms with Crippen LogP contribution in [0.3, 0.4) is 0 Å². The normalized spacial score (nSPS) is 10.6. The van der Waals surface area contributed by atoms with Gasteiger partial charge in [-0.15, -0.1) is 0 Å². The molecule has 0 fully saturated rings. The molecule has 2 amide bonds. The van der Waals surface area contributed by atoms with E-state index in [4.69, 9.17) is 37.4 Å². The van der Waals surface area contributed by atoms with Crippen molar-refractivity contribution < 1.29 is 38.4 Å². The molecule has 0 saturated heterocycles. The summed E-state index contributed by atoms with van der Waals surface area (Å²) in [6, 6.07) is 8.81. The minimum Gasteiger partial charge on any atom is -0.496 e. The molecule has 206 valence electrons. The molecule has 2 N–H and O–H groups in total. The average Bonchev–Trinajstić information content (AvgIpc) is 2.91. The molecular formula is C25H28Cl2N2O8S. The molecular weight excluding hydrogens is 559 g/mol. The van der Waals surface area contributed by atoms with Crippen LogP contribution < -0.4 is 20.1 Å². The number of halogens is 2. The molecule has 10 nitrogen and oxygen atoms in total. The first-order chi connectivity index (χ1) is 18.2.